The average molecular weight is 371 g/mol. The van der Waals surface area contributed by atoms with Crippen LogP contribution in [-0.4, -0.2) is 21.0 Å². The average Bonchev–Trinajstić information content (AvgIpc) is 3.14. The van der Waals surface area contributed by atoms with Crippen molar-refractivity contribution in [3.05, 3.63) is 96.4 Å². The first kappa shape index (κ1) is 18.9. The second kappa shape index (κ2) is 8.22. The molecule has 140 valence electrons. The number of carbonyl (C=O) groups is 1. The summed E-state index contributed by atoms with van der Waals surface area (Å²) >= 11 is 0. The Morgan fingerprint density at radius 2 is 1.93 bits per heavy atom. The molecule has 0 aliphatic carbocycles. The molecular formula is C23H21N3O2. The van der Waals surface area contributed by atoms with Gasteiger partial charge in [0.2, 0.25) is 0 Å². The lowest BCUT2D eigenvalue weighted by molar-refractivity contribution is 0.0696. The van der Waals surface area contributed by atoms with Gasteiger partial charge in [0.15, 0.2) is 0 Å². The van der Waals surface area contributed by atoms with Gasteiger partial charge in [0, 0.05) is 16.7 Å². The van der Waals surface area contributed by atoms with Crippen molar-refractivity contribution < 1.29 is 9.90 Å². The number of benzene rings is 2. The molecule has 0 fully saturated rings. The molecule has 0 saturated carbocycles. The highest BCUT2D eigenvalue weighted by molar-refractivity contribution is 5.92. The molecular weight excluding hydrogens is 350 g/mol. The van der Waals surface area contributed by atoms with Crippen molar-refractivity contribution >= 4 is 11.5 Å². The van der Waals surface area contributed by atoms with Gasteiger partial charge in [-0.1, -0.05) is 61.2 Å². The Labute approximate surface area is 163 Å². The van der Waals surface area contributed by atoms with Gasteiger partial charge in [-0.15, -0.1) is 0 Å². The van der Waals surface area contributed by atoms with Crippen LogP contribution in [0.25, 0.3) is 28.2 Å². The number of rotatable bonds is 6. The Kier molecular flexibility index (Phi) is 5.56. The van der Waals surface area contributed by atoms with Crippen LogP contribution < -0.4 is 5.73 Å². The number of aromatic carboxylic acids is 1. The van der Waals surface area contributed by atoms with E-state index >= 15 is 0 Å². The number of nitrogens with two attached hydrogens (primary N) is 1. The van der Waals surface area contributed by atoms with E-state index < -0.39 is 5.97 Å². The normalized spacial score (nSPS) is 11.7. The molecule has 2 aromatic carbocycles. The number of hydrogen-bond donors (Lipinski definition) is 3. The van der Waals surface area contributed by atoms with Crippen LogP contribution in [0.1, 0.15) is 21.6 Å². The maximum atomic E-state index is 11.6. The summed E-state index contributed by atoms with van der Waals surface area (Å²) in [4.78, 5) is 19.7. The first-order valence-electron chi connectivity index (χ1n) is 8.76. The van der Waals surface area contributed by atoms with E-state index in [1.807, 2.05) is 42.5 Å². The maximum absolute atomic E-state index is 11.6. The van der Waals surface area contributed by atoms with Crippen molar-refractivity contribution in [2.24, 2.45) is 5.73 Å². The minimum atomic E-state index is -0.969. The molecule has 0 spiro atoms. The first-order chi connectivity index (χ1) is 13.5. The molecule has 0 saturated heterocycles. The fourth-order valence-corrected chi connectivity index (χ4v) is 2.98. The number of imidazole rings is 1. The summed E-state index contributed by atoms with van der Waals surface area (Å²) in [5, 5.41) is 9.49. The highest BCUT2D eigenvalue weighted by Gasteiger charge is 2.18. The smallest absolute Gasteiger partial charge is 0.335 e. The number of carboxylic acids is 1. The quantitative estimate of drug-likeness (QED) is 0.543. The van der Waals surface area contributed by atoms with Gasteiger partial charge < -0.3 is 15.8 Å². The van der Waals surface area contributed by atoms with Crippen LogP contribution in [0.4, 0.5) is 0 Å². The molecule has 5 nitrogen and oxygen atoms in total. The Morgan fingerprint density at radius 1 is 1.18 bits per heavy atom. The van der Waals surface area contributed by atoms with Gasteiger partial charge >= 0.3 is 5.97 Å². The first-order valence-corrected chi connectivity index (χ1v) is 8.76. The minimum Gasteiger partial charge on any atom is -0.478 e. The summed E-state index contributed by atoms with van der Waals surface area (Å²) in [6.45, 7) is 5.53. The van der Waals surface area contributed by atoms with Gasteiger partial charge in [-0.25, -0.2) is 9.78 Å². The van der Waals surface area contributed by atoms with Crippen LogP contribution in [0.2, 0.25) is 0 Å². The lowest BCUT2D eigenvalue weighted by atomic mass is 10.00. The van der Waals surface area contributed by atoms with Crippen molar-refractivity contribution in [3.63, 3.8) is 0 Å². The minimum absolute atomic E-state index is 0.247. The van der Waals surface area contributed by atoms with Gasteiger partial charge in [0.05, 0.1) is 17.0 Å². The Balaban J connectivity index is 2.26. The van der Waals surface area contributed by atoms with Crippen molar-refractivity contribution in [1.29, 1.82) is 0 Å². The van der Waals surface area contributed by atoms with Gasteiger partial charge in [-0.05, 0) is 30.8 Å². The third-order valence-electron chi connectivity index (χ3n) is 4.35. The summed E-state index contributed by atoms with van der Waals surface area (Å²) in [6, 6.07) is 15.0. The number of nitrogens with one attached hydrogen (secondary N) is 1. The molecule has 0 amide bonds. The van der Waals surface area contributed by atoms with Crippen LogP contribution in [0.15, 0.2) is 79.5 Å². The van der Waals surface area contributed by atoms with Crippen molar-refractivity contribution in [2.75, 3.05) is 0 Å². The van der Waals surface area contributed by atoms with E-state index in [2.05, 4.69) is 11.6 Å². The zero-order valence-electron chi connectivity index (χ0n) is 15.5. The topological polar surface area (TPSA) is 92.0 Å². The number of carboxylic acid groups (broad SMARTS) is 1. The monoisotopic (exact) mass is 371 g/mol. The maximum Gasteiger partial charge on any atom is 0.335 e. The summed E-state index contributed by atoms with van der Waals surface area (Å²) in [7, 11) is 0. The number of aromatic nitrogens is 2. The highest BCUT2D eigenvalue weighted by Crippen LogP contribution is 2.32. The molecule has 28 heavy (non-hydrogen) atoms. The number of allylic oxidation sites excluding steroid dienone is 4. The molecule has 0 unspecified atom stereocenters. The van der Waals surface area contributed by atoms with Crippen LogP contribution in [0, 0.1) is 6.92 Å². The molecule has 3 aromatic rings. The summed E-state index contributed by atoms with van der Waals surface area (Å²) in [6.07, 6.45) is 6.68. The van der Waals surface area contributed by atoms with Crippen LogP contribution in [0.5, 0.6) is 0 Å². The number of nitrogens with zero attached hydrogens (tertiary/aromatic N) is 1. The fourth-order valence-electron chi connectivity index (χ4n) is 2.98. The largest absolute Gasteiger partial charge is 0.478 e. The number of aromatic amines is 1. The third kappa shape index (κ3) is 3.78. The second-order valence-corrected chi connectivity index (χ2v) is 6.23. The second-order valence-electron chi connectivity index (χ2n) is 6.23. The van der Waals surface area contributed by atoms with Gasteiger partial charge in [0.1, 0.15) is 5.82 Å². The molecule has 0 aliphatic rings. The van der Waals surface area contributed by atoms with Gasteiger partial charge in [-0.3, -0.25) is 0 Å². The SMILES string of the molecule is C=C/C=C(\C=C/N)c1[nH]c(-c2ccccc2)nc1-c1ccc(C)c(C(=O)O)c1. The Bertz CT molecular complexity index is 1080. The van der Waals surface area contributed by atoms with E-state index in [9.17, 15) is 9.90 Å². The summed E-state index contributed by atoms with van der Waals surface area (Å²) in [5.41, 5.74) is 10.4. The molecule has 3 rings (SSSR count). The molecule has 1 heterocycles. The fraction of sp³-hybridized carbons (Fsp3) is 0.0435. The number of hydrogen-bond acceptors (Lipinski definition) is 3. The molecule has 5 heteroatoms. The van der Waals surface area contributed by atoms with Gasteiger partial charge in [-0.2, -0.15) is 0 Å². The molecule has 0 radical (unpaired) electrons. The van der Waals surface area contributed by atoms with Crippen molar-refractivity contribution in [1.82, 2.24) is 9.97 Å². The standard InChI is InChI=1S/C23H21N3O2/c1-3-7-16(12-13-24)20-21(18-11-10-15(2)19(14-18)23(27)28)26-22(25-20)17-8-5-4-6-9-17/h3-14H,1,24H2,2H3,(H,25,26)(H,27,28)/b13-12-,16-7+. The van der Waals surface area contributed by atoms with Crippen molar-refractivity contribution in [2.45, 2.75) is 6.92 Å². The summed E-state index contributed by atoms with van der Waals surface area (Å²) in [5.74, 6) is -0.285. The lowest BCUT2D eigenvalue weighted by Crippen LogP contribution is -2.00. The molecule has 4 N–H and O–H groups in total. The molecule has 0 bridgehead atoms. The van der Waals surface area contributed by atoms with Gasteiger partial charge in [0.25, 0.3) is 0 Å². The van der Waals surface area contributed by atoms with E-state index in [4.69, 9.17) is 10.7 Å². The third-order valence-corrected chi connectivity index (χ3v) is 4.35. The van der Waals surface area contributed by atoms with E-state index in [0.717, 1.165) is 16.8 Å². The highest BCUT2D eigenvalue weighted by atomic mass is 16.4. The van der Waals surface area contributed by atoms with E-state index in [-0.39, 0.29) is 5.56 Å². The number of aryl methyl sites for hydroxylation is 1. The zero-order valence-corrected chi connectivity index (χ0v) is 15.5. The van der Waals surface area contributed by atoms with Crippen LogP contribution in [-0.2, 0) is 0 Å². The zero-order chi connectivity index (χ0) is 20.1. The van der Waals surface area contributed by atoms with Crippen molar-refractivity contribution in [3.8, 4) is 22.6 Å². The van der Waals surface area contributed by atoms with Crippen LogP contribution in [0.3, 0.4) is 0 Å². The van der Waals surface area contributed by atoms with E-state index in [1.54, 1.807) is 31.2 Å². The Morgan fingerprint density at radius 3 is 2.57 bits per heavy atom. The predicted octanol–water partition coefficient (Wildman–Crippen LogP) is 4.79. The Hall–Kier alpha value is -3.86. The molecule has 0 aliphatic heterocycles. The molecule has 0 atom stereocenters. The van der Waals surface area contributed by atoms with E-state index in [1.165, 1.54) is 6.20 Å². The lowest BCUT2D eigenvalue weighted by Gasteiger charge is -2.07. The summed E-state index contributed by atoms with van der Waals surface area (Å²) < 4.78 is 0. The number of H-pyrrole nitrogens is 1. The molecule has 1 aromatic heterocycles. The predicted molar refractivity (Wildman–Crippen MR) is 113 cm³/mol. The van der Waals surface area contributed by atoms with Crippen LogP contribution >= 0.6 is 0 Å². The van der Waals surface area contributed by atoms with E-state index in [0.29, 0.717) is 22.6 Å².